The Morgan fingerprint density at radius 3 is 2.12 bits per heavy atom. The third-order valence-electron chi connectivity index (χ3n) is 3.64. The lowest BCUT2D eigenvalue weighted by molar-refractivity contribution is -0.137. The monoisotopic (exact) mass is 335 g/mol. The molecule has 0 radical (unpaired) electrons. The number of carbonyl (C=O) groups excluding carboxylic acids is 1. The van der Waals surface area contributed by atoms with Crippen molar-refractivity contribution in [2.24, 2.45) is 4.99 Å². The molecule has 0 saturated carbocycles. The summed E-state index contributed by atoms with van der Waals surface area (Å²) in [5.74, 6) is 0.156. The van der Waals surface area contributed by atoms with Crippen molar-refractivity contribution >= 4 is 12.0 Å². The molecule has 0 bridgehead atoms. The molecule has 4 nitrogen and oxygen atoms in total. The van der Waals surface area contributed by atoms with Crippen LogP contribution in [-0.2, 0) is 11.0 Å². The van der Waals surface area contributed by atoms with Crippen LogP contribution in [0.4, 0.5) is 13.2 Å². The van der Waals surface area contributed by atoms with Crippen LogP contribution in [0.15, 0.2) is 35.3 Å². The molecule has 1 amide bonds. The lowest BCUT2D eigenvalue weighted by atomic mass is 9.97. The van der Waals surface area contributed by atoms with E-state index in [0.717, 1.165) is 6.07 Å². The third-order valence-corrected chi connectivity index (χ3v) is 3.64. The summed E-state index contributed by atoms with van der Waals surface area (Å²) in [4.78, 5) is 15.0. The maximum Gasteiger partial charge on any atom is 0.417 e. The molecule has 0 spiro atoms. The molecule has 0 unspecified atom stereocenters. The summed E-state index contributed by atoms with van der Waals surface area (Å²) >= 11 is 0. The van der Waals surface area contributed by atoms with Crippen molar-refractivity contribution in [1.82, 2.24) is 0 Å². The highest BCUT2D eigenvalue weighted by Gasteiger charge is 2.34. The predicted molar refractivity (Wildman–Crippen MR) is 80.2 cm³/mol. The Bertz CT molecular complexity index is 927. The van der Waals surface area contributed by atoms with Gasteiger partial charge in [0, 0.05) is 17.4 Å². The second-order valence-electron chi connectivity index (χ2n) is 5.15. The van der Waals surface area contributed by atoms with Gasteiger partial charge in [0.15, 0.2) is 0 Å². The average Bonchev–Trinajstić information content (AvgIpc) is 2.91. The summed E-state index contributed by atoms with van der Waals surface area (Å²) in [6.45, 7) is 0. The molecular formula is C17H12F3NO3. The first-order chi connectivity index (χ1) is 11.3. The molecule has 0 N–H and O–H groups in total. The van der Waals surface area contributed by atoms with E-state index in [9.17, 15) is 18.0 Å². The summed E-state index contributed by atoms with van der Waals surface area (Å²) in [6.07, 6.45) is -3.39. The molecule has 0 atom stereocenters. The van der Waals surface area contributed by atoms with E-state index < -0.39 is 17.6 Å². The smallest absolute Gasteiger partial charge is 0.417 e. The Labute approximate surface area is 134 Å². The van der Waals surface area contributed by atoms with Gasteiger partial charge in [-0.2, -0.15) is 13.2 Å². The number of rotatable bonds is 3. The minimum Gasteiger partial charge on any atom is -0.497 e. The Hall–Kier alpha value is -2.83. The number of amides is 1. The molecule has 7 heteroatoms. The van der Waals surface area contributed by atoms with E-state index in [1.807, 2.05) is 0 Å². The Kier molecular flexibility index (Phi) is 3.79. The van der Waals surface area contributed by atoms with Gasteiger partial charge in [0.25, 0.3) is 5.91 Å². The van der Waals surface area contributed by atoms with Gasteiger partial charge < -0.3 is 9.47 Å². The van der Waals surface area contributed by atoms with Crippen molar-refractivity contribution in [1.29, 1.82) is 0 Å². The van der Waals surface area contributed by atoms with Crippen molar-refractivity contribution in [2.45, 2.75) is 6.18 Å². The number of alkyl halides is 3. The molecule has 0 aliphatic carbocycles. The number of ether oxygens (including phenoxy) is 2. The minimum atomic E-state index is -4.60. The number of methoxy groups -OCH3 is 2. The summed E-state index contributed by atoms with van der Waals surface area (Å²) in [7, 11) is 2.83. The van der Waals surface area contributed by atoms with E-state index in [2.05, 4.69) is 4.99 Å². The van der Waals surface area contributed by atoms with Crippen molar-refractivity contribution in [3.8, 4) is 22.6 Å². The number of hydrogen-bond acceptors (Lipinski definition) is 3. The molecule has 0 fully saturated rings. The van der Waals surface area contributed by atoms with Gasteiger partial charge in [-0.25, -0.2) is 4.99 Å². The van der Waals surface area contributed by atoms with E-state index in [-0.39, 0.29) is 16.5 Å². The second-order valence-corrected chi connectivity index (χ2v) is 5.15. The van der Waals surface area contributed by atoms with E-state index in [0.29, 0.717) is 16.7 Å². The van der Waals surface area contributed by atoms with Gasteiger partial charge in [-0.15, -0.1) is 0 Å². The SMILES string of the molecule is COc1cc(OC)cc(-c2cc3c(cc2C(F)(F)F)=NC(=O)C=3)c1. The minimum absolute atomic E-state index is 0.0194. The maximum atomic E-state index is 13.5. The van der Waals surface area contributed by atoms with Crippen molar-refractivity contribution < 1.29 is 27.4 Å². The van der Waals surface area contributed by atoms with Crippen molar-refractivity contribution in [2.75, 3.05) is 14.2 Å². The molecule has 0 aromatic heterocycles. The zero-order chi connectivity index (χ0) is 17.5. The number of carbonyl (C=O) groups is 1. The molecule has 1 aliphatic rings. The number of hydrogen-bond donors (Lipinski definition) is 0. The fraction of sp³-hybridized carbons (Fsp3) is 0.176. The Morgan fingerprint density at radius 2 is 1.58 bits per heavy atom. The normalized spacial score (nSPS) is 13.1. The van der Waals surface area contributed by atoms with Gasteiger partial charge in [0.2, 0.25) is 0 Å². The van der Waals surface area contributed by atoms with Crippen LogP contribution in [0, 0.1) is 0 Å². The predicted octanol–water partition coefficient (Wildman–Crippen LogP) is 2.33. The van der Waals surface area contributed by atoms with Crippen molar-refractivity contribution in [3.05, 3.63) is 46.5 Å². The van der Waals surface area contributed by atoms with Crippen LogP contribution < -0.4 is 20.0 Å². The van der Waals surface area contributed by atoms with Crippen LogP contribution >= 0.6 is 0 Å². The van der Waals surface area contributed by atoms with Crippen LogP contribution in [0.2, 0.25) is 0 Å². The van der Waals surface area contributed by atoms with Crippen LogP contribution in [0.1, 0.15) is 5.56 Å². The highest BCUT2D eigenvalue weighted by molar-refractivity contribution is 6.06. The van der Waals surface area contributed by atoms with Crippen LogP contribution in [0.5, 0.6) is 11.5 Å². The van der Waals surface area contributed by atoms with E-state index in [1.54, 1.807) is 6.07 Å². The zero-order valence-electron chi connectivity index (χ0n) is 12.8. The van der Waals surface area contributed by atoms with Crippen LogP contribution in [0.3, 0.4) is 0 Å². The van der Waals surface area contributed by atoms with E-state index in [1.165, 1.54) is 38.5 Å². The largest absolute Gasteiger partial charge is 0.497 e. The fourth-order valence-electron chi connectivity index (χ4n) is 2.54. The second kappa shape index (κ2) is 5.67. The maximum absolute atomic E-state index is 13.5. The molecule has 1 aliphatic heterocycles. The molecule has 2 aromatic rings. The fourth-order valence-corrected chi connectivity index (χ4v) is 2.54. The third kappa shape index (κ3) is 2.84. The molecule has 1 heterocycles. The quantitative estimate of drug-likeness (QED) is 0.865. The molecule has 2 aromatic carbocycles. The molecular weight excluding hydrogens is 323 g/mol. The van der Waals surface area contributed by atoms with Crippen molar-refractivity contribution in [3.63, 3.8) is 0 Å². The van der Waals surface area contributed by atoms with Crippen LogP contribution in [0.25, 0.3) is 17.2 Å². The summed E-state index contributed by atoms with van der Waals surface area (Å²) in [5.41, 5.74) is -0.669. The molecule has 24 heavy (non-hydrogen) atoms. The van der Waals surface area contributed by atoms with Gasteiger partial charge in [0.1, 0.15) is 11.5 Å². The summed E-state index contributed by atoms with van der Waals surface area (Å²) < 4.78 is 50.6. The van der Waals surface area contributed by atoms with Gasteiger partial charge in [0.05, 0.1) is 25.1 Å². The summed E-state index contributed by atoms with van der Waals surface area (Å²) in [5, 5.41) is 0.371. The lowest BCUT2D eigenvalue weighted by Gasteiger charge is -2.14. The van der Waals surface area contributed by atoms with E-state index in [4.69, 9.17) is 9.47 Å². The highest BCUT2D eigenvalue weighted by atomic mass is 19.4. The number of nitrogens with zero attached hydrogens (tertiary/aromatic N) is 1. The molecule has 124 valence electrons. The first kappa shape index (κ1) is 16.0. The number of benzene rings is 2. The van der Waals surface area contributed by atoms with Gasteiger partial charge in [-0.05, 0) is 35.4 Å². The topological polar surface area (TPSA) is 47.9 Å². The first-order valence-electron chi connectivity index (χ1n) is 6.91. The van der Waals surface area contributed by atoms with Crippen LogP contribution in [-0.4, -0.2) is 20.1 Å². The van der Waals surface area contributed by atoms with Gasteiger partial charge in [-0.3, -0.25) is 4.79 Å². The van der Waals surface area contributed by atoms with E-state index >= 15 is 0 Å². The highest BCUT2D eigenvalue weighted by Crippen LogP contribution is 2.38. The molecule has 3 rings (SSSR count). The van der Waals surface area contributed by atoms with Gasteiger partial charge >= 0.3 is 6.18 Å². The summed E-state index contributed by atoms with van der Waals surface area (Å²) in [6, 6.07) is 6.72. The number of halogens is 3. The lowest BCUT2D eigenvalue weighted by Crippen LogP contribution is -2.25. The number of fused-ring (bicyclic) bond motifs is 1. The standard InChI is InChI=1S/C17H12F3NO3/c1-23-11-3-9(4-12(7-11)24-2)13-5-10-6-16(22)21-15(10)8-14(13)17(18,19)20/h3-8H,1-2H3. The zero-order valence-corrected chi connectivity index (χ0v) is 12.8. The Balaban J connectivity index is 2.33. The van der Waals surface area contributed by atoms with Gasteiger partial charge in [-0.1, -0.05) is 0 Å². The first-order valence-corrected chi connectivity index (χ1v) is 6.91. The Morgan fingerprint density at radius 1 is 0.958 bits per heavy atom. The average molecular weight is 335 g/mol. The molecule has 0 saturated heterocycles.